The summed E-state index contributed by atoms with van der Waals surface area (Å²) in [5.74, 6) is 0.177. The molecule has 2 aromatic carbocycles. The van der Waals surface area contributed by atoms with Crippen LogP contribution in [0.2, 0.25) is 0 Å². The molecule has 0 bridgehead atoms. The largest absolute Gasteiger partial charge is 0.469 e. The van der Waals surface area contributed by atoms with E-state index in [0.29, 0.717) is 18.9 Å². The van der Waals surface area contributed by atoms with Gasteiger partial charge in [-0.1, -0.05) is 76.2 Å². The zero-order valence-electron chi connectivity index (χ0n) is 21.5. The second kappa shape index (κ2) is 13.0. The SMILES string of the molecule is CC.CC.COC(=O)CC1CN(CC2CC3c4ccccc4Cc4ccccc4C3O2)CCO1. The molecule has 2 heterocycles. The third-order valence-corrected chi connectivity index (χ3v) is 6.73. The second-order valence-electron chi connectivity index (χ2n) is 8.63. The molecule has 2 fully saturated rings. The van der Waals surface area contributed by atoms with Gasteiger partial charge in [0.15, 0.2) is 0 Å². The van der Waals surface area contributed by atoms with Gasteiger partial charge in [0.1, 0.15) is 0 Å². The van der Waals surface area contributed by atoms with Gasteiger partial charge in [0.2, 0.25) is 0 Å². The van der Waals surface area contributed by atoms with E-state index in [2.05, 4.69) is 53.4 Å². The predicted octanol–water partition coefficient (Wildman–Crippen LogP) is 5.52. The summed E-state index contributed by atoms with van der Waals surface area (Å²) in [6, 6.07) is 17.6. The Bertz CT molecular complexity index is 861. The summed E-state index contributed by atoms with van der Waals surface area (Å²) in [5.41, 5.74) is 5.58. The van der Waals surface area contributed by atoms with Crippen LogP contribution in [0.5, 0.6) is 0 Å². The third-order valence-electron chi connectivity index (χ3n) is 6.73. The molecule has 0 aromatic heterocycles. The number of carbonyl (C=O) groups is 1. The normalized spacial score (nSPS) is 25.2. The van der Waals surface area contributed by atoms with Gasteiger partial charge in [-0.3, -0.25) is 9.69 Å². The summed E-state index contributed by atoms with van der Waals surface area (Å²) in [6.45, 7) is 11.1. The van der Waals surface area contributed by atoms with Crippen LogP contribution < -0.4 is 0 Å². The van der Waals surface area contributed by atoms with E-state index in [4.69, 9.17) is 14.2 Å². The first-order valence-electron chi connectivity index (χ1n) is 12.9. The number of hydrogen-bond donors (Lipinski definition) is 0. The third kappa shape index (κ3) is 6.07. The lowest BCUT2D eigenvalue weighted by Crippen LogP contribution is -2.46. The van der Waals surface area contributed by atoms with Crippen LogP contribution in [0.15, 0.2) is 48.5 Å². The monoisotopic (exact) mass is 467 g/mol. The van der Waals surface area contributed by atoms with Gasteiger partial charge in [-0.2, -0.15) is 0 Å². The van der Waals surface area contributed by atoms with Crippen LogP contribution in [0.4, 0.5) is 0 Å². The lowest BCUT2D eigenvalue weighted by molar-refractivity contribution is -0.146. The van der Waals surface area contributed by atoms with Crippen molar-refractivity contribution in [1.82, 2.24) is 4.90 Å². The minimum Gasteiger partial charge on any atom is -0.469 e. The molecule has 2 aliphatic heterocycles. The van der Waals surface area contributed by atoms with Crippen molar-refractivity contribution in [2.24, 2.45) is 0 Å². The van der Waals surface area contributed by atoms with Crippen molar-refractivity contribution in [1.29, 1.82) is 0 Å². The van der Waals surface area contributed by atoms with E-state index in [1.54, 1.807) is 0 Å². The van der Waals surface area contributed by atoms with Crippen molar-refractivity contribution in [3.63, 3.8) is 0 Å². The Morgan fingerprint density at radius 3 is 2.32 bits per heavy atom. The summed E-state index contributed by atoms with van der Waals surface area (Å²) in [6.07, 6.45) is 2.50. The first kappa shape index (κ1) is 26.4. The molecule has 0 saturated carbocycles. The van der Waals surface area contributed by atoms with Crippen molar-refractivity contribution >= 4 is 5.97 Å². The molecule has 186 valence electrons. The molecule has 0 radical (unpaired) electrons. The number of esters is 1. The van der Waals surface area contributed by atoms with Gasteiger partial charge in [-0.05, 0) is 35.1 Å². The number of ether oxygens (including phenoxy) is 3. The molecule has 5 heteroatoms. The van der Waals surface area contributed by atoms with E-state index in [1.165, 1.54) is 29.4 Å². The standard InChI is InChI=1S/C25H29NO4.2C2H6/c1-28-24(27)14-19-15-26(10-11-29-19)16-20-13-23-21-8-4-2-6-17(21)12-18-7-3-5-9-22(18)25(23)30-20;2*1-2/h2-9,19-20,23,25H,10-16H2,1H3;2*1-2H3. The molecule has 34 heavy (non-hydrogen) atoms. The molecule has 2 aromatic rings. The highest BCUT2D eigenvalue weighted by molar-refractivity contribution is 5.69. The van der Waals surface area contributed by atoms with Crippen LogP contribution in [0.25, 0.3) is 0 Å². The number of nitrogens with zero attached hydrogens (tertiary/aromatic N) is 1. The fraction of sp³-hybridized carbons (Fsp3) is 0.552. The lowest BCUT2D eigenvalue weighted by atomic mass is 9.87. The number of hydrogen-bond acceptors (Lipinski definition) is 5. The predicted molar refractivity (Wildman–Crippen MR) is 136 cm³/mol. The number of carbonyl (C=O) groups excluding carboxylic acids is 1. The molecule has 5 rings (SSSR count). The van der Waals surface area contributed by atoms with Gasteiger partial charge in [-0.25, -0.2) is 0 Å². The molecule has 1 aliphatic carbocycles. The first-order chi connectivity index (χ1) is 16.7. The van der Waals surface area contributed by atoms with Gasteiger partial charge in [0.05, 0.1) is 38.4 Å². The highest BCUT2D eigenvalue weighted by Gasteiger charge is 2.41. The Balaban J connectivity index is 0.000000771. The Hall–Kier alpha value is -2.21. The van der Waals surface area contributed by atoms with Crippen molar-refractivity contribution < 1.29 is 19.0 Å². The summed E-state index contributed by atoms with van der Waals surface area (Å²) >= 11 is 0. The maximum Gasteiger partial charge on any atom is 0.308 e. The topological polar surface area (TPSA) is 48.0 Å². The van der Waals surface area contributed by atoms with Crippen LogP contribution in [-0.4, -0.2) is 56.4 Å². The van der Waals surface area contributed by atoms with Crippen molar-refractivity contribution in [2.45, 2.75) is 71.2 Å². The fourth-order valence-corrected chi connectivity index (χ4v) is 5.32. The molecule has 5 nitrogen and oxygen atoms in total. The molecular formula is C29H41NO4. The molecule has 4 atom stereocenters. The van der Waals surface area contributed by atoms with E-state index < -0.39 is 0 Å². The zero-order valence-corrected chi connectivity index (χ0v) is 21.5. The van der Waals surface area contributed by atoms with E-state index in [9.17, 15) is 4.79 Å². The van der Waals surface area contributed by atoms with E-state index in [-0.39, 0.29) is 24.3 Å². The second-order valence-corrected chi connectivity index (χ2v) is 8.63. The lowest BCUT2D eigenvalue weighted by Gasteiger charge is -2.33. The van der Waals surface area contributed by atoms with Gasteiger partial charge in [0, 0.05) is 25.6 Å². The number of rotatable bonds is 4. The van der Waals surface area contributed by atoms with Crippen LogP contribution in [0.3, 0.4) is 0 Å². The molecule has 3 aliphatic rings. The first-order valence-corrected chi connectivity index (χ1v) is 12.9. The molecule has 4 unspecified atom stereocenters. The van der Waals surface area contributed by atoms with Crippen LogP contribution >= 0.6 is 0 Å². The molecular weight excluding hydrogens is 426 g/mol. The Morgan fingerprint density at radius 2 is 1.62 bits per heavy atom. The number of methoxy groups -OCH3 is 1. The van der Waals surface area contributed by atoms with Crippen LogP contribution in [0.1, 0.15) is 74.8 Å². The molecule has 0 N–H and O–H groups in total. The highest BCUT2D eigenvalue weighted by Crippen LogP contribution is 2.49. The smallest absolute Gasteiger partial charge is 0.308 e. The number of fused-ring (bicyclic) bond motifs is 5. The van der Waals surface area contributed by atoms with Crippen molar-refractivity contribution in [3.05, 3.63) is 70.8 Å². The van der Waals surface area contributed by atoms with Crippen molar-refractivity contribution in [2.75, 3.05) is 33.4 Å². The molecule has 0 spiro atoms. The van der Waals surface area contributed by atoms with E-state index in [0.717, 1.165) is 32.5 Å². The molecule has 0 amide bonds. The molecule has 2 saturated heterocycles. The summed E-state index contributed by atoms with van der Waals surface area (Å²) in [5, 5.41) is 0. The quantitative estimate of drug-likeness (QED) is 0.554. The summed E-state index contributed by atoms with van der Waals surface area (Å²) in [7, 11) is 1.43. The summed E-state index contributed by atoms with van der Waals surface area (Å²) < 4.78 is 17.3. The maximum atomic E-state index is 11.6. The van der Waals surface area contributed by atoms with Crippen molar-refractivity contribution in [3.8, 4) is 0 Å². The number of morpholine rings is 1. The van der Waals surface area contributed by atoms with Gasteiger partial charge in [-0.15, -0.1) is 0 Å². The Kier molecular flexibility index (Phi) is 10.1. The average molecular weight is 468 g/mol. The van der Waals surface area contributed by atoms with Gasteiger partial charge in [0.25, 0.3) is 0 Å². The highest BCUT2D eigenvalue weighted by atomic mass is 16.5. The fourth-order valence-electron chi connectivity index (χ4n) is 5.32. The minimum atomic E-state index is -0.213. The average Bonchev–Trinajstić information content (AvgIpc) is 3.25. The Labute approximate surface area is 205 Å². The van der Waals surface area contributed by atoms with Crippen LogP contribution in [-0.2, 0) is 25.4 Å². The zero-order chi connectivity index (χ0) is 24.5. The van der Waals surface area contributed by atoms with Crippen LogP contribution in [0, 0.1) is 0 Å². The maximum absolute atomic E-state index is 11.6. The van der Waals surface area contributed by atoms with Gasteiger partial charge >= 0.3 is 5.97 Å². The van der Waals surface area contributed by atoms with E-state index in [1.807, 2.05) is 27.7 Å². The minimum absolute atomic E-state index is 0.0977. The van der Waals surface area contributed by atoms with E-state index >= 15 is 0 Å². The Morgan fingerprint density at radius 1 is 0.971 bits per heavy atom. The van der Waals surface area contributed by atoms with Gasteiger partial charge < -0.3 is 14.2 Å². The summed E-state index contributed by atoms with van der Waals surface area (Å²) in [4.78, 5) is 14.0. The number of benzene rings is 2.